The molecule has 2 heterocycles. The molecule has 2 aromatic rings. The normalized spacial score (nSPS) is 14.9. The highest BCUT2D eigenvalue weighted by Gasteiger charge is 2.20. The highest BCUT2D eigenvalue weighted by Crippen LogP contribution is 2.22. The van der Waals surface area contributed by atoms with Gasteiger partial charge in [-0.2, -0.15) is 0 Å². The second kappa shape index (κ2) is 11.6. The van der Waals surface area contributed by atoms with Gasteiger partial charge < -0.3 is 20.0 Å². The van der Waals surface area contributed by atoms with Gasteiger partial charge in [0.15, 0.2) is 5.96 Å². The maximum atomic E-state index is 4.89. The number of guanidine groups is 1. The molecule has 0 aliphatic carbocycles. The van der Waals surface area contributed by atoms with E-state index in [4.69, 9.17) is 4.99 Å². The van der Waals surface area contributed by atoms with Gasteiger partial charge in [-0.25, -0.2) is 4.99 Å². The first-order valence-corrected chi connectivity index (χ1v) is 10.6. The number of piperazine rings is 1. The predicted octanol–water partition coefficient (Wildman–Crippen LogP) is 3.72. The Hall–Kier alpha value is -1.32. The van der Waals surface area contributed by atoms with Crippen LogP contribution in [0.2, 0.25) is 0 Å². The van der Waals surface area contributed by atoms with Crippen LogP contribution in [0.15, 0.2) is 46.8 Å². The van der Waals surface area contributed by atoms with Crippen molar-refractivity contribution in [3.63, 3.8) is 0 Å². The SMILES string of the molecule is CCNC(=NCc1ccc(CN(C)C)cc1)N1CCN(c2cccs2)CC1.I. The lowest BCUT2D eigenvalue weighted by Gasteiger charge is -2.37. The molecule has 0 radical (unpaired) electrons. The third kappa shape index (κ3) is 6.63. The first-order valence-electron chi connectivity index (χ1n) is 9.70. The summed E-state index contributed by atoms with van der Waals surface area (Å²) >= 11 is 1.82. The van der Waals surface area contributed by atoms with Crippen molar-refractivity contribution in [2.45, 2.75) is 20.0 Å². The van der Waals surface area contributed by atoms with Crippen molar-refractivity contribution >= 4 is 46.3 Å². The lowest BCUT2D eigenvalue weighted by molar-refractivity contribution is 0.373. The Morgan fingerprint density at radius 1 is 1.07 bits per heavy atom. The van der Waals surface area contributed by atoms with Crippen molar-refractivity contribution in [2.24, 2.45) is 4.99 Å². The van der Waals surface area contributed by atoms with E-state index < -0.39 is 0 Å². The molecule has 0 bridgehead atoms. The number of rotatable bonds is 6. The van der Waals surface area contributed by atoms with Crippen LogP contribution in [0.5, 0.6) is 0 Å². The van der Waals surface area contributed by atoms with Gasteiger partial charge in [-0.05, 0) is 49.7 Å². The summed E-state index contributed by atoms with van der Waals surface area (Å²) in [5.41, 5.74) is 2.59. The Labute approximate surface area is 190 Å². The highest BCUT2D eigenvalue weighted by atomic mass is 127. The van der Waals surface area contributed by atoms with E-state index in [-0.39, 0.29) is 24.0 Å². The smallest absolute Gasteiger partial charge is 0.194 e. The molecular formula is C21H32IN5S. The van der Waals surface area contributed by atoms with Crippen molar-refractivity contribution < 1.29 is 0 Å². The summed E-state index contributed by atoms with van der Waals surface area (Å²) in [6.45, 7) is 8.82. The van der Waals surface area contributed by atoms with E-state index in [9.17, 15) is 0 Å². The summed E-state index contributed by atoms with van der Waals surface area (Å²) < 4.78 is 0. The van der Waals surface area contributed by atoms with Crippen LogP contribution in [0.4, 0.5) is 5.00 Å². The molecule has 0 saturated carbocycles. The molecule has 1 aliphatic rings. The second-order valence-corrected chi connectivity index (χ2v) is 8.08. The number of hydrogen-bond acceptors (Lipinski definition) is 4. The number of nitrogens with zero attached hydrogens (tertiary/aromatic N) is 4. The Bertz CT molecular complexity index is 707. The number of thiophene rings is 1. The minimum atomic E-state index is 0. The summed E-state index contributed by atoms with van der Waals surface area (Å²) in [6.07, 6.45) is 0. The molecule has 0 amide bonds. The van der Waals surface area contributed by atoms with E-state index in [0.29, 0.717) is 0 Å². The molecule has 1 aromatic carbocycles. The van der Waals surface area contributed by atoms with Gasteiger partial charge in [0.1, 0.15) is 0 Å². The van der Waals surface area contributed by atoms with Crippen LogP contribution in [0.3, 0.4) is 0 Å². The Balaban J connectivity index is 0.00000280. The van der Waals surface area contributed by atoms with Gasteiger partial charge in [0.25, 0.3) is 0 Å². The van der Waals surface area contributed by atoms with Gasteiger partial charge in [0, 0.05) is 39.3 Å². The highest BCUT2D eigenvalue weighted by molar-refractivity contribution is 14.0. The van der Waals surface area contributed by atoms with Crippen molar-refractivity contribution in [3.05, 3.63) is 52.9 Å². The summed E-state index contributed by atoms with van der Waals surface area (Å²) in [5, 5.41) is 6.98. The van der Waals surface area contributed by atoms with E-state index in [0.717, 1.165) is 51.8 Å². The zero-order valence-electron chi connectivity index (χ0n) is 17.1. The van der Waals surface area contributed by atoms with Crippen LogP contribution < -0.4 is 10.2 Å². The molecule has 1 N–H and O–H groups in total. The van der Waals surface area contributed by atoms with Gasteiger partial charge in [-0.15, -0.1) is 35.3 Å². The molecule has 7 heteroatoms. The number of anilines is 1. The van der Waals surface area contributed by atoms with E-state index in [1.54, 1.807) is 0 Å². The van der Waals surface area contributed by atoms with Gasteiger partial charge in [0.05, 0.1) is 11.5 Å². The van der Waals surface area contributed by atoms with E-state index >= 15 is 0 Å². The van der Waals surface area contributed by atoms with Crippen LogP contribution in [-0.2, 0) is 13.1 Å². The van der Waals surface area contributed by atoms with Crippen LogP contribution >= 0.6 is 35.3 Å². The maximum Gasteiger partial charge on any atom is 0.194 e. The van der Waals surface area contributed by atoms with Crippen LogP contribution in [0.25, 0.3) is 0 Å². The molecule has 154 valence electrons. The number of hydrogen-bond donors (Lipinski definition) is 1. The van der Waals surface area contributed by atoms with Crippen LogP contribution in [0.1, 0.15) is 18.1 Å². The summed E-state index contributed by atoms with van der Waals surface area (Å²) in [6, 6.07) is 13.1. The zero-order valence-corrected chi connectivity index (χ0v) is 20.2. The largest absolute Gasteiger partial charge is 0.360 e. The standard InChI is InChI=1S/C21H31N5S.HI/c1-4-22-21(23-16-18-7-9-19(10-8-18)17-24(2)3)26-13-11-25(12-14-26)20-6-5-15-27-20;/h5-10,15H,4,11-14,16-17H2,1-3H3,(H,22,23);1H. The summed E-state index contributed by atoms with van der Waals surface area (Å²) in [4.78, 5) is 11.9. The first-order chi connectivity index (χ1) is 13.2. The molecule has 0 spiro atoms. The molecule has 1 fully saturated rings. The summed E-state index contributed by atoms with van der Waals surface area (Å²) in [7, 11) is 4.19. The fourth-order valence-electron chi connectivity index (χ4n) is 3.30. The summed E-state index contributed by atoms with van der Waals surface area (Å²) in [5.74, 6) is 1.03. The predicted molar refractivity (Wildman–Crippen MR) is 132 cm³/mol. The molecule has 28 heavy (non-hydrogen) atoms. The lowest BCUT2D eigenvalue weighted by atomic mass is 10.1. The first kappa shape index (κ1) is 23.0. The van der Waals surface area contributed by atoms with Gasteiger partial charge in [-0.3, -0.25) is 0 Å². The van der Waals surface area contributed by atoms with E-state index in [1.807, 2.05) is 11.3 Å². The molecule has 3 rings (SSSR count). The zero-order chi connectivity index (χ0) is 19.1. The monoisotopic (exact) mass is 513 g/mol. The van der Waals surface area contributed by atoms with Crippen LogP contribution in [0, 0.1) is 0 Å². The number of nitrogens with one attached hydrogen (secondary N) is 1. The van der Waals surface area contributed by atoms with Crippen molar-refractivity contribution in [2.75, 3.05) is 51.7 Å². The van der Waals surface area contributed by atoms with Crippen molar-refractivity contribution in [1.29, 1.82) is 0 Å². The van der Waals surface area contributed by atoms with Gasteiger partial charge in [0.2, 0.25) is 0 Å². The number of aliphatic imine (C=N–C) groups is 1. The Morgan fingerprint density at radius 3 is 2.32 bits per heavy atom. The molecular weight excluding hydrogens is 481 g/mol. The molecule has 5 nitrogen and oxygen atoms in total. The Kier molecular flexibility index (Phi) is 9.53. The average Bonchev–Trinajstić information content (AvgIpc) is 3.21. The van der Waals surface area contributed by atoms with E-state index in [1.165, 1.54) is 16.1 Å². The fourth-order valence-corrected chi connectivity index (χ4v) is 4.08. The minimum Gasteiger partial charge on any atom is -0.360 e. The maximum absolute atomic E-state index is 4.89. The molecule has 1 saturated heterocycles. The third-order valence-electron chi connectivity index (χ3n) is 4.67. The minimum absolute atomic E-state index is 0. The fraction of sp³-hybridized carbons (Fsp3) is 0.476. The molecule has 0 atom stereocenters. The third-order valence-corrected chi connectivity index (χ3v) is 5.59. The van der Waals surface area contributed by atoms with Crippen molar-refractivity contribution in [3.8, 4) is 0 Å². The quantitative estimate of drug-likeness (QED) is 0.363. The van der Waals surface area contributed by atoms with Crippen LogP contribution in [-0.4, -0.2) is 62.6 Å². The van der Waals surface area contributed by atoms with Crippen molar-refractivity contribution in [1.82, 2.24) is 15.1 Å². The second-order valence-electron chi connectivity index (χ2n) is 7.15. The molecule has 0 unspecified atom stereocenters. The van der Waals surface area contributed by atoms with Gasteiger partial charge >= 0.3 is 0 Å². The average molecular weight is 513 g/mol. The molecule has 1 aromatic heterocycles. The topological polar surface area (TPSA) is 34.1 Å². The number of benzene rings is 1. The van der Waals surface area contributed by atoms with Gasteiger partial charge in [-0.1, -0.05) is 24.3 Å². The van der Waals surface area contributed by atoms with E-state index in [2.05, 4.69) is 82.8 Å². The number of halogens is 1. The molecule has 1 aliphatic heterocycles. The lowest BCUT2D eigenvalue weighted by Crippen LogP contribution is -2.52. The Morgan fingerprint density at radius 2 is 1.75 bits per heavy atom.